The van der Waals surface area contributed by atoms with Gasteiger partial charge in [0.1, 0.15) is 11.3 Å². The van der Waals surface area contributed by atoms with Crippen molar-refractivity contribution >= 4 is 22.5 Å². The smallest absolute Gasteiger partial charge is 0.223 e. The highest BCUT2D eigenvalue weighted by atomic mass is 16.5. The zero-order chi connectivity index (χ0) is 19.8. The van der Waals surface area contributed by atoms with E-state index in [9.17, 15) is 0 Å². The molecule has 29 heavy (non-hydrogen) atoms. The Labute approximate surface area is 168 Å². The zero-order valence-corrected chi connectivity index (χ0v) is 16.3. The van der Waals surface area contributed by atoms with Crippen molar-refractivity contribution in [1.29, 1.82) is 0 Å². The van der Waals surface area contributed by atoms with Gasteiger partial charge in [-0.2, -0.15) is 4.52 Å². The van der Waals surface area contributed by atoms with Gasteiger partial charge in [0.15, 0.2) is 11.5 Å². The fourth-order valence-corrected chi connectivity index (χ4v) is 3.67. The van der Waals surface area contributed by atoms with Crippen LogP contribution in [-0.2, 0) is 13.1 Å². The summed E-state index contributed by atoms with van der Waals surface area (Å²) >= 11 is 0. The average molecular weight is 389 g/mol. The van der Waals surface area contributed by atoms with E-state index < -0.39 is 0 Å². The summed E-state index contributed by atoms with van der Waals surface area (Å²) < 4.78 is 7.05. The normalized spacial score (nSPS) is 14.1. The SMILES string of the molecule is COc1cccc2c1nc(N)n1nc(CN(Cc3ccccn3)CC3CC3)nc21. The van der Waals surface area contributed by atoms with Crippen LogP contribution in [-0.4, -0.2) is 43.1 Å². The first-order valence-corrected chi connectivity index (χ1v) is 9.81. The molecule has 0 saturated heterocycles. The predicted octanol–water partition coefficient (Wildman–Crippen LogP) is 2.68. The first-order valence-electron chi connectivity index (χ1n) is 9.81. The van der Waals surface area contributed by atoms with Crippen molar-refractivity contribution in [2.24, 2.45) is 5.92 Å². The number of pyridine rings is 1. The number of fused-ring (bicyclic) bond motifs is 3. The van der Waals surface area contributed by atoms with Crippen molar-refractivity contribution in [2.45, 2.75) is 25.9 Å². The van der Waals surface area contributed by atoms with Gasteiger partial charge in [-0.15, -0.1) is 5.10 Å². The molecule has 8 nitrogen and oxygen atoms in total. The molecule has 148 valence electrons. The van der Waals surface area contributed by atoms with E-state index in [-0.39, 0.29) is 0 Å². The first-order chi connectivity index (χ1) is 14.2. The van der Waals surface area contributed by atoms with Crippen molar-refractivity contribution in [3.63, 3.8) is 0 Å². The number of hydrogen-bond acceptors (Lipinski definition) is 7. The van der Waals surface area contributed by atoms with Gasteiger partial charge in [0, 0.05) is 24.7 Å². The third kappa shape index (κ3) is 3.58. The monoisotopic (exact) mass is 389 g/mol. The van der Waals surface area contributed by atoms with E-state index in [1.54, 1.807) is 11.6 Å². The van der Waals surface area contributed by atoms with Gasteiger partial charge < -0.3 is 10.5 Å². The van der Waals surface area contributed by atoms with Crippen LogP contribution in [0.15, 0.2) is 42.6 Å². The number of benzene rings is 1. The van der Waals surface area contributed by atoms with Crippen LogP contribution in [0.2, 0.25) is 0 Å². The van der Waals surface area contributed by atoms with E-state index in [1.165, 1.54) is 12.8 Å². The second-order valence-corrected chi connectivity index (χ2v) is 7.52. The fraction of sp³-hybridized carbons (Fsp3) is 0.333. The molecule has 0 atom stereocenters. The maximum absolute atomic E-state index is 6.17. The Morgan fingerprint density at radius 3 is 2.79 bits per heavy atom. The molecule has 1 aliphatic carbocycles. The number of nitrogen functional groups attached to an aromatic ring is 1. The molecule has 0 bridgehead atoms. The summed E-state index contributed by atoms with van der Waals surface area (Å²) in [6.07, 6.45) is 4.41. The summed E-state index contributed by atoms with van der Waals surface area (Å²) in [5.74, 6) is 2.46. The zero-order valence-electron chi connectivity index (χ0n) is 16.3. The van der Waals surface area contributed by atoms with Crippen LogP contribution in [0.1, 0.15) is 24.4 Å². The number of nitrogens with two attached hydrogens (primary N) is 1. The minimum absolute atomic E-state index is 0.300. The van der Waals surface area contributed by atoms with Crippen LogP contribution < -0.4 is 10.5 Å². The first kappa shape index (κ1) is 17.8. The number of para-hydroxylation sites is 1. The van der Waals surface area contributed by atoms with Crippen LogP contribution in [0.4, 0.5) is 5.95 Å². The van der Waals surface area contributed by atoms with Crippen molar-refractivity contribution in [1.82, 2.24) is 29.5 Å². The van der Waals surface area contributed by atoms with Gasteiger partial charge >= 0.3 is 0 Å². The molecule has 3 heterocycles. The van der Waals surface area contributed by atoms with E-state index in [0.717, 1.165) is 35.9 Å². The average Bonchev–Trinajstić information content (AvgIpc) is 3.44. The number of aromatic nitrogens is 5. The van der Waals surface area contributed by atoms with E-state index in [0.29, 0.717) is 29.4 Å². The van der Waals surface area contributed by atoms with Gasteiger partial charge in [0.25, 0.3) is 0 Å². The lowest BCUT2D eigenvalue weighted by atomic mass is 10.2. The Balaban J connectivity index is 1.50. The summed E-state index contributed by atoms with van der Waals surface area (Å²) in [6, 6.07) is 11.8. The molecular weight excluding hydrogens is 366 g/mol. The number of methoxy groups -OCH3 is 1. The highest BCUT2D eigenvalue weighted by Crippen LogP contribution is 2.31. The standard InChI is InChI=1S/C21H23N7O/c1-29-17-7-4-6-16-19(17)25-21(22)28-20(16)24-18(26-28)13-27(11-14-8-9-14)12-15-5-2-3-10-23-15/h2-7,10,14H,8-9,11-13H2,1H3,(H2,22,25). The molecule has 1 aromatic carbocycles. The molecule has 3 aromatic heterocycles. The van der Waals surface area contributed by atoms with Crippen LogP contribution in [0, 0.1) is 5.92 Å². The lowest BCUT2D eigenvalue weighted by Gasteiger charge is -2.20. The highest BCUT2D eigenvalue weighted by Gasteiger charge is 2.25. The minimum Gasteiger partial charge on any atom is -0.494 e. The second kappa shape index (κ2) is 7.29. The van der Waals surface area contributed by atoms with Gasteiger partial charge in [0.05, 0.1) is 19.3 Å². The van der Waals surface area contributed by atoms with E-state index in [1.807, 2.05) is 36.5 Å². The lowest BCUT2D eigenvalue weighted by molar-refractivity contribution is 0.237. The minimum atomic E-state index is 0.300. The Kier molecular flexibility index (Phi) is 4.48. The number of anilines is 1. The Hall–Kier alpha value is -3.26. The van der Waals surface area contributed by atoms with E-state index in [2.05, 4.69) is 26.0 Å². The van der Waals surface area contributed by atoms with Crippen molar-refractivity contribution in [3.8, 4) is 5.75 Å². The number of hydrogen-bond donors (Lipinski definition) is 1. The maximum Gasteiger partial charge on any atom is 0.223 e. The number of rotatable bonds is 7. The Morgan fingerprint density at radius 2 is 2.03 bits per heavy atom. The van der Waals surface area contributed by atoms with Gasteiger partial charge in [-0.05, 0) is 43.0 Å². The van der Waals surface area contributed by atoms with Crippen LogP contribution >= 0.6 is 0 Å². The molecule has 1 aliphatic rings. The third-order valence-electron chi connectivity index (χ3n) is 5.24. The molecule has 4 aromatic rings. The highest BCUT2D eigenvalue weighted by molar-refractivity contribution is 5.95. The molecule has 1 saturated carbocycles. The Bertz CT molecular complexity index is 1150. The molecule has 0 aliphatic heterocycles. The molecular formula is C21H23N7O. The molecule has 0 unspecified atom stereocenters. The third-order valence-corrected chi connectivity index (χ3v) is 5.24. The summed E-state index contributed by atoms with van der Waals surface area (Å²) in [6.45, 7) is 2.43. The van der Waals surface area contributed by atoms with Crippen LogP contribution in [0.25, 0.3) is 16.6 Å². The Morgan fingerprint density at radius 1 is 1.14 bits per heavy atom. The fourth-order valence-electron chi connectivity index (χ4n) is 3.67. The van der Waals surface area contributed by atoms with Crippen molar-refractivity contribution in [3.05, 3.63) is 54.1 Å². The largest absolute Gasteiger partial charge is 0.494 e. The van der Waals surface area contributed by atoms with Gasteiger partial charge in [0.2, 0.25) is 5.95 Å². The lowest BCUT2D eigenvalue weighted by Crippen LogP contribution is -2.26. The molecule has 1 fully saturated rings. The van der Waals surface area contributed by atoms with Gasteiger partial charge in [-0.3, -0.25) is 9.88 Å². The van der Waals surface area contributed by atoms with E-state index >= 15 is 0 Å². The molecule has 2 N–H and O–H groups in total. The molecule has 0 spiro atoms. The quantitative estimate of drug-likeness (QED) is 0.519. The molecule has 0 radical (unpaired) electrons. The van der Waals surface area contributed by atoms with Crippen LogP contribution in [0.3, 0.4) is 0 Å². The molecule has 0 amide bonds. The predicted molar refractivity (Wildman–Crippen MR) is 110 cm³/mol. The van der Waals surface area contributed by atoms with Crippen molar-refractivity contribution in [2.75, 3.05) is 19.4 Å². The maximum atomic E-state index is 6.17. The molecule has 8 heteroatoms. The van der Waals surface area contributed by atoms with Crippen LogP contribution in [0.5, 0.6) is 5.75 Å². The number of nitrogens with zero attached hydrogens (tertiary/aromatic N) is 6. The molecule has 5 rings (SSSR count). The second-order valence-electron chi connectivity index (χ2n) is 7.52. The van der Waals surface area contributed by atoms with Gasteiger partial charge in [-0.25, -0.2) is 9.97 Å². The summed E-state index contributed by atoms with van der Waals surface area (Å²) in [5, 5.41) is 5.51. The topological polar surface area (TPSA) is 94.5 Å². The van der Waals surface area contributed by atoms with Gasteiger partial charge in [-0.1, -0.05) is 12.1 Å². The summed E-state index contributed by atoms with van der Waals surface area (Å²) in [7, 11) is 1.62. The van der Waals surface area contributed by atoms with Crippen molar-refractivity contribution < 1.29 is 4.74 Å². The van der Waals surface area contributed by atoms with E-state index in [4.69, 9.17) is 15.5 Å². The number of ether oxygens (including phenoxy) is 1. The summed E-state index contributed by atoms with van der Waals surface area (Å²) in [5.41, 5.74) is 8.62. The summed E-state index contributed by atoms with van der Waals surface area (Å²) in [4.78, 5) is 16.1.